The van der Waals surface area contributed by atoms with E-state index in [9.17, 15) is 4.79 Å². The minimum Gasteiger partial charge on any atom is -0.481 e. The van der Waals surface area contributed by atoms with Gasteiger partial charge in [0.05, 0.1) is 0 Å². The fraction of sp³-hybridized carbons (Fsp3) is 0.833. The number of carboxylic acids is 1. The van der Waals surface area contributed by atoms with Crippen molar-refractivity contribution in [2.24, 2.45) is 5.92 Å². The molecule has 0 heterocycles. The van der Waals surface area contributed by atoms with E-state index < -0.39 is 18.2 Å². The summed E-state index contributed by atoms with van der Waals surface area (Å²) >= 11 is 0. The Bertz CT molecular complexity index is 112. The summed E-state index contributed by atoms with van der Waals surface area (Å²) in [7, 11) is 0. The highest BCUT2D eigenvalue weighted by atomic mass is 16.6. The van der Waals surface area contributed by atoms with Crippen LogP contribution in [0.4, 0.5) is 0 Å². The molecule has 0 fully saturated rings. The van der Waals surface area contributed by atoms with Crippen molar-refractivity contribution in [1.82, 2.24) is 0 Å². The molecule has 0 aliphatic rings. The van der Waals surface area contributed by atoms with Gasteiger partial charge >= 0.3 is 5.97 Å². The van der Waals surface area contributed by atoms with Gasteiger partial charge in [-0.2, -0.15) is 0 Å². The maximum Gasteiger partial charge on any atom is 0.311 e. The van der Waals surface area contributed by atoms with Crippen molar-refractivity contribution >= 4 is 5.97 Å². The second-order valence-electron chi connectivity index (χ2n) is 1.97. The molecule has 10 heavy (non-hydrogen) atoms. The molecule has 0 aromatic heterocycles. The van der Waals surface area contributed by atoms with Crippen molar-refractivity contribution in [3.8, 4) is 0 Å². The Morgan fingerprint density at radius 3 is 2.50 bits per heavy atom. The summed E-state index contributed by atoms with van der Waals surface area (Å²) < 4.78 is 4.64. The summed E-state index contributed by atoms with van der Waals surface area (Å²) in [5.41, 5.74) is 0. The van der Waals surface area contributed by atoms with Crippen molar-refractivity contribution in [3.63, 3.8) is 0 Å². The van der Waals surface area contributed by atoms with Crippen LogP contribution >= 0.6 is 0 Å². The van der Waals surface area contributed by atoms with Gasteiger partial charge in [0.2, 0.25) is 0 Å². The third-order valence-corrected chi connectivity index (χ3v) is 1.15. The molecular weight excluding hydrogens is 136 g/mol. The largest absolute Gasteiger partial charge is 0.481 e. The molecule has 0 bridgehead atoms. The molecule has 2 unspecified atom stereocenters. The normalized spacial score (nSPS) is 16.3. The number of hydrogen-bond acceptors (Lipinski definition) is 3. The maximum atomic E-state index is 10.2. The van der Waals surface area contributed by atoms with Gasteiger partial charge in [-0.3, -0.25) is 4.79 Å². The minimum atomic E-state index is -1.19. The molecule has 0 aromatic rings. The number of hydrogen-bond donors (Lipinski definition) is 2. The van der Waals surface area contributed by atoms with Crippen molar-refractivity contribution < 1.29 is 19.7 Å². The Labute approximate surface area is 59.4 Å². The Morgan fingerprint density at radius 1 is 1.70 bits per heavy atom. The minimum absolute atomic E-state index is 0.318. The predicted octanol–water partition coefficient (Wildman–Crippen LogP) is 0.0620. The number of rotatable bonds is 4. The maximum absolute atomic E-state index is 10.2. The van der Waals surface area contributed by atoms with Crippen molar-refractivity contribution in [2.45, 2.75) is 20.1 Å². The van der Waals surface area contributed by atoms with Gasteiger partial charge in [0.15, 0.2) is 6.29 Å². The molecule has 4 heteroatoms. The van der Waals surface area contributed by atoms with E-state index in [1.165, 1.54) is 6.92 Å². The molecule has 60 valence electrons. The number of carbonyl (C=O) groups is 1. The van der Waals surface area contributed by atoms with E-state index in [1.807, 2.05) is 0 Å². The van der Waals surface area contributed by atoms with E-state index in [1.54, 1.807) is 6.92 Å². The smallest absolute Gasteiger partial charge is 0.311 e. The predicted molar refractivity (Wildman–Crippen MR) is 34.4 cm³/mol. The van der Waals surface area contributed by atoms with Crippen LogP contribution in [0.3, 0.4) is 0 Å². The number of aliphatic carboxylic acids is 1. The van der Waals surface area contributed by atoms with Gasteiger partial charge in [-0.05, 0) is 13.8 Å². The quantitative estimate of drug-likeness (QED) is 0.553. The zero-order valence-electron chi connectivity index (χ0n) is 6.07. The summed E-state index contributed by atoms with van der Waals surface area (Å²) in [4.78, 5) is 10.2. The van der Waals surface area contributed by atoms with E-state index in [0.717, 1.165) is 0 Å². The summed E-state index contributed by atoms with van der Waals surface area (Å²) in [6.07, 6.45) is -1.19. The molecule has 0 saturated carbocycles. The van der Waals surface area contributed by atoms with Gasteiger partial charge in [-0.1, -0.05) is 0 Å². The summed E-state index contributed by atoms with van der Waals surface area (Å²) in [5, 5.41) is 17.2. The van der Waals surface area contributed by atoms with Gasteiger partial charge < -0.3 is 14.9 Å². The molecule has 0 rings (SSSR count). The van der Waals surface area contributed by atoms with Crippen LogP contribution in [0.25, 0.3) is 0 Å². The van der Waals surface area contributed by atoms with Gasteiger partial charge in [-0.25, -0.2) is 0 Å². The summed E-state index contributed by atoms with van der Waals surface area (Å²) in [6.45, 7) is 3.40. The zero-order chi connectivity index (χ0) is 8.15. The first kappa shape index (κ1) is 9.39. The lowest BCUT2D eigenvalue weighted by Gasteiger charge is -2.13. The van der Waals surface area contributed by atoms with E-state index in [0.29, 0.717) is 6.61 Å². The second-order valence-corrected chi connectivity index (χ2v) is 1.97. The summed E-state index contributed by atoms with van der Waals surface area (Å²) in [6, 6.07) is 0. The van der Waals surface area contributed by atoms with Crippen LogP contribution in [-0.2, 0) is 9.53 Å². The monoisotopic (exact) mass is 148 g/mol. The topological polar surface area (TPSA) is 66.8 Å². The first-order valence-corrected chi connectivity index (χ1v) is 3.12. The standard InChI is InChI=1S/C6H12O4/c1-3-10-6(9)4(2)5(7)8/h4,6,9H,3H2,1-2H3,(H,7,8). The second kappa shape index (κ2) is 4.24. The van der Waals surface area contributed by atoms with Crippen LogP contribution in [-0.4, -0.2) is 29.1 Å². The number of ether oxygens (including phenoxy) is 1. The van der Waals surface area contributed by atoms with E-state index in [-0.39, 0.29) is 0 Å². The third kappa shape index (κ3) is 2.80. The third-order valence-electron chi connectivity index (χ3n) is 1.15. The molecule has 0 aliphatic heterocycles. The van der Waals surface area contributed by atoms with Crippen molar-refractivity contribution in [2.75, 3.05) is 6.61 Å². The fourth-order valence-corrected chi connectivity index (χ4v) is 0.437. The lowest BCUT2D eigenvalue weighted by atomic mass is 10.2. The molecule has 0 aliphatic carbocycles. The van der Waals surface area contributed by atoms with Gasteiger partial charge in [-0.15, -0.1) is 0 Å². The molecule has 0 aromatic carbocycles. The molecule has 0 spiro atoms. The highest BCUT2D eigenvalue weighted by Crippen LogP contribution is 2.03. The van der Waals surface area contributed by atoms with Crippen LogP contribution < -0.4 is 0 Å². The lowest BCUT2D eigenvalue weighted by molar-refractivity contribution is -0.166. The molecule has 2 atom stereocenters. The van der Waals surface area contributed by atoms with E-state index >= 15 is 0 Å². The van der Waals surface area contributed by atoms with Crippen LogP contribution in [0, 0.1) is 5.92 Å². The van der Waals surface area contributed by atoms with E-state index in [2.05, 4.69) is 4.74 Å². The highest BCUT2D eigenvalue weighted by molar-refractivity contribution is 5.69. The van der Waals surface area contributed by atoms with Crippen LogP contribution in [0.2, 0.25) is 0 Å². The Balaban J connectivity index is 3.69. The molecule has 4 nitrogen and oxygen atoms in total. The first-order chi connectivity index (χ1) is 4.59. The highest BCUT2D eigenvalue weighted by Gasteiger charge is 2.20. The summed E-state index contributed by atoms with van der Waals surface area (Å²) in [5.74, 6) is -1.92. The lowest BCUT2D eigenvalue weighted by Crippen LogP contribution is -2.27. The Morgan fingerprint density at radius 2 is 2.20 bits per heavy atom. The van der Waals surface area contributed by atoms with Gasteiger partial charge in [0.25, 0.3) is 0 Å². The number of carboxylic acid groups (broad SMARTS) is 1. The van der Waals surface area contributed by atoms with Crippen LogP contribution in [0.15, 0.2) is 0 Å². The van der Waals surface area contributed by atoms with Crippen molar-refractivity contribution in [1.29, 1.82) is 0 Å². The average molecular weight is 148 g/mol. The molecule has 0 amide bonds. The van der Waals surface area contributed by atoms with E-state index in [4.69, 9.17) is 10.2 Å². The molecule has 2 N–H and O–H groups in total. The SMILES string of the molecule is CCOC(O)C(C)C(=O)O. The Hall–Kier alpha value is -0.610. The molecular formula is C6H12O4. The fourth-order valence-electron chi connectivity index (χ4n) is 0.437. The number of aliphatic hydroxyl groups is 1. The van der Waals surface area contributed by atoms with Crippen molar-refractivity contribution in [3.05, 3.63) is 0 Å². The van der Waals surface area contributed by atoms with Crippen LogP contribution in [0.1, 0.15) is 13.8 Å². The number of aliphatic hydroxyl groups excluding tert-OH is 1. The Kier molecular flexibility index (Phi) is 3.99. The molecule has 0 radical (unpaired) electrons. The molecule has 0 saturated heterocycles. The van der Waals surface area contributed by atoms with Gasteiger partial charge in [0, 0.05) is 6.61 Å². The van der Waals surface area contributed by atoms with Gasteiger partial charge in [0.1, 0.15) is 5.92 Å². The average Bonchev–Trinajstić information content (AvgIpc) is 1.87. The van der Waals surface area contributed by atoms with Crippen LogP contribution in [0.5, 0.6) is 0 Å². The zero-order valence-corrected chi connectivity index (χ0v) is 6.07. The first-order valence-electron chi connectivity index (χ1n) is 3.12.